The smallest absolute Gasteiger partial charge is 0.339 e. The van der Waals surface area contributed by atoms with E-state index in [4.69, 9.17) is 16.3 Å². The molecule has 0 saturated carbocycles. The third-order valence-corrected chi connectivity index (χ3v) is 5.14. The van der Waals surface area contributed by atoms with Crippen molar-refractivity contribution in [3.8, 4) is 0 Å². The lowest BCUT2D eigenvalue weighted by atomic mass is 9.85. The molecule has 128 valence electrons. The van der Waals surface area contributed by atoms with E-state index in [2.05, 4.69) is 0 Å². The van der Waals surface area contributed by atoms with Crippen molar-refractivity contribution in [3.63, 3.8) is 0 Å². The Morgan fingerprint density at radius 3 is 2.84 bits per heavy atom. The number of hydrogen-bond acceptors (Lipinski definition) is 3. The van der Waals surface area contributed by atoms with Crippen LogP contribution in [0.5, 0.6) is 0 Å². The molecule has 0 N–H and O–H groups in total. The number of piperidine rings is 1. The fourth-order valence-corrected chi connectivity index (χ4v) is 3.93. The van der Waals surface area contributed by atoms with Crippen LogP contribution in [0.3, 0.4) is 0 Å². The average molecular weight is 360 g/mol. The van der Waals surface area contributed by atoms with Gasteiger partial charge in [0.25, 0.3) is 5.91 Å². The number of hydrogen-bond donors (Lipinski definition) is 0. The molecule has 2 aromatic carbocycles. The first-order chi connectivity index (χ1) is 12.0. The highest BCUT2D eigenvalue weighted by Gasteiger charge is 2.48. The summed E-state index contributed by atoms with van der Waals surface area (Å²) < 4.78 is 18.9. The molecule has 2 heterocycles. The van der Waals surface area contributed by atoms with Gasteiger partial charge in [-0.05, 0) is 37.1 Å². The molecule has 6 heteroatoms. The Bertz CT molecular complexity index is 885. The molecule has 1 fully saturated rings. The van der Waals surface area contributed by atoms with Crippen molar-refractivity contribution < 1.29 is 18.7 Å². The SMILES string of the molecule is O=C1O[C@@]2(CCCN(C(=O)c3ccc(F)cc3Cl)C2)c2ccccc21. The summed E-state index contributed by atoms with van der Waals surface area (Å²) in [5.41, 5.74) is 0.811. The van der Waals surface area contributed by atoms with Crippen molar-refractivity contribution in [2.24, 2.45) is 0 Å². The molecule has 0 aliphatic carbocycles. The Kier molecular flexibility index (Phi) is 3.76. The normalized spacial score (nSPS) is 22.0. The van der Waals surface area contributed by atoms with Gasteiger partial charge in [0.15, 0.2) is 5.60 Å². The van der Waals surface area contributed by atoms with Crippen LogP contribution in [0.15, 0.2) is 42.5 Å². The van der Waals surface area contributed by atoms with Crippen LogP contribution in [0.2, 0.25) is 5.02 Å². The van der Waals surface area contributed by atoms with Crippen LogP contribution in [-0.2, 0) is 10.3 Å². The van der Waals surface area contributed by atoms with E-state index in [1.807, 2.05) is 12.1 Å². The number of likely N-dealkylation sites (tertiary alicyclic amines) is 1. The van der Waals surface area contributed by atoms with Gasteiger partial charge in [0.1, 0.15) is 5.82 Å². The number of fused-ring (bicyclic) bond motifs is 2. The van der Waals surface area contributed by atoms with Gasteiger partial charge in [-0.15, -0.1) is 0 Å². The number of amides is 1. The predicted molar refractivity (Wildman–Crippen MR) is 90.1 cm³/mol. The minimum atomic E-state index is -0.811. The third-order valence-electron chi connectivity index (χ3n) is 4.83. The second-order valence-electron chi connectivity index (χ2n) is 6.38. The fraction of sp³-hybridized carbons (Fsp3) is 0.263. The fourth-order valence-electron chi connectivity index (χ4n) is 3.68. The second-order valence-corrected chi connectivity index (χ2v) is 6.79. The van der Waals surface area contributed by atoms with E-state index in [9.17, 15) is 14.0 Å². The maximum atomic E-state index is 13.2. The number of halogens is 2. The molecule has 1 amide bonds. The first kappa shape index (κ1) is 16.1. The van der Waals surface area contributed by atoms with Gasteiger partial charge in [0.05, 0.1) is 22.7 Å². The first-order valence-electron chi connectivity index (χ1n) is 8.07. The maximum absolute atomic E-state index is 13.2. The van der Waals surface area contributed by atoms with Gasteiger partial charge < -0.3 is 9.64 Å². The number of carbonyl (C=O) groups is 2. The summed E-state index contributed by atoms with van der Waals surface area (Å²) in [6.45, 7) is 0.802. The van der Waals surface area contributed by atoms with Crippen LogP contribution < -0.4 is 0 Å². The molecule has 0 bridgehead atoms. The number of rotatable bonds is 1. The molecule has 0 radical (unpaired) electrons. The number of esters is 1. The zero-order valence-corrected chi connectivity index (χ0v) is 14.1. The molecule has 4 rings (SSSR count). The Balaban J connectivity index is 1.66. The summed E-state index contributed by atoms with van der Waals surface area (Å²) >= 11 is 6.03. The van der Waals surface area contributed by atoms with Crippen molar-refractivity contribution in [1.82, 2.24) is 4.90 Å². The Hall–Kier alpha value is -2.40. The van der Waals surface area contributed by atoms with Crippen LogP contribution in [-0.4, -0.2) is 29.9 Å². The van der Waals surface area contributed by atoms with E-state index in [1.54, 1.807) is 17.0 Å². The molecule has 1 spiro atoms. The summed E-state index contributed by atoms with van der Waals surface area (Å²) in [4.78, 5) is 26.7. The molecule has 2 aromatic rings. The Morgan fingerprint density at radius 2 is 2.04 bits per heavy atom. The molecule has 0 unspecified atom stereocenters. The Labute approximate surface area is 149 Å². The largest absolute Gasteiger partial charge is 0.449 e. The molecule has 1 saturated heterocycles. The van der Waals surface area contributed by atoms with Gasteiger partial charge in [-0.25, -0.2) is 9.18 Å². The second kappa shape index (κ2) is 5.85. The summed E-state index contributed by atoms with van der Waals surface area (Å²) in [6.07, 6.45) is 1.36. The van der Waals surface area contributed by atoms with Gasteiger partial charge in [0.2, 0.25) is 0 Å². The van der Waals surface area contributed by atoms with Crippen molar-refractivity contribution in [3.05, 3.63) is 70.0 Å². The lowest BCUT2D eigenvalue weighted by Gasteiger charge is -2.39. The van der Waals surface area contributed by atoms with E-state index in [0.29, 0.717) is 24.9 Å². The highest BCUT2D eigenvalue weighted by molar-refractivity contribution is 6.33. The van der Waals surface area contributed by atoms with E-state index in [-0.39, 0.29) is 29.0 Å². The highest BCUT2D eigenvalue weighted by Crippen LogP contribution is 2.43. The van der Waals surface area contributed by atoms with E-state index in [0.717, 1.165) is 11.6 Å². The minimum Gasteiger partial charge on any atom is -0.449 e. The first-order valence-corrected chi connectivity index (χ1v) is 8.45. The lowest BCUT2D eigenvalue weighted by molar-refractivity contribution is -0.0442. The molecular weight excluding hydrogens is 345 g/mol. The van der Waals surface area contributed by atoms with Gasteiger partial charge >= 0.3 is 5.97 Å². The minimum absolute atomic E-state index is 0.0773. The van der Waals surface area contributed by atoms with Gasteiger partial charge in [-0.3, -0.25) is 4.79 Å². The Morgan fingerprint density at radius 1 is 1.24 bits per heavy atom. The van der Waals surface area contributed by atoms with Crippen LogP contribution >= 0.6 is 11.6 Å². The van der Waals surface area contributed by atoms with Crippen LogP contribution in [0.1, 0.15) is 39.1 Å². The summed E-state index contributed by atoms with van der Waals surface area (Å²) in [6, 6.07) is 11.0. The highest BCUT2D eigenvalue weighted by atomic mass is 35.5. The number of carbonyl (C=O) groups excluding carboxylic acids is 2. The van der Waals surface area contributed by atoms with Crippen molar-refractivity contribution >= 4 is 23.5 Å². The lowest BCUT2D eigenvalue weighted by Crippen LogP contribution is -2.48. The predicted octanol–water partition coefficient (Wildman–Crippen LogP) is 3.78. The number of nitrogens with zero attached hydrogens (tertiary/aromatic N) is 1. The quantitative estimate of drug-likeness (QED) is 0.728. The van der Waals surface area contributed by atoms with E-state index < -0.39 is 11.4 Å². The average Bonchev–Trinajstić information content (AvgIpc) is 2.87. The maximum Gasteiger partial charge on any atom is 0.339 e. The number of benzene rings is 2. The van der Waals surface area contributed by atoms with E-state index >= 15 is 0 Å². The zero-order chi connectivity index (χ0) is 17.6. The summed E-state index contributed by atoms with van der Waals surface area (Å²) in [7, 11) is 0. The third kappa shape index (κ3) is 2.59. The molecule has 0 aromatic heterocycles. The van der Waals surface area contributed by atoms with Crippen LogP contribution in [0.25, 0.3) is 0 Å². The van der Waals surface area contributed by atoms with Gasteiger partial charge in [-0.1, -0.05) is 29.8 Å². The number of ether oxygens (including phenoxy) is 1. The van der Waals surface area contributed by atoms with Gasteiger partial charge in [-0.2, -0.15) is 0 Å². The summed E-state index contributed by atoms with van der Waals surface area (Å²) in [5, 5.41) is 0.0773. The monoisotopic (exact) mass is 359 g/mol. The van der Waals surface area contributed by atoms with Crippen LogP contribution in [0, 0.1) is 5.82 Å². The van der Waals surface area contributed by atoms with E-state index in [1.165, 1.54) is 12.1 Å². The molecule has 1 atom stereocenters. The molecule has 25 heavy (non-hydrogen) atoms. The van der Waals surface area contributed by atoms with Gasteiger partial charge in [0, 0.05) is 12.1 Å². The van der Waals surface area contributed by atoms with Crippen LogP contribution in [0.4, 0.5) is 4.39 Å². The molecule has 4 nitrogen and oxygen atoms in total. The summed E-state index contributed by atoms with van der Waals surface area (Å²) in [5.74, 6) is -1.13. The molecular formula is C19H15ClFNO3. The van der Waals surface area contributed by atoms with Crippen molar-refractivity contribution in [2.75, 3.05) is 13.1 Å². The molecule has 2 aliphatic rings. The van der Waals surface area contributed by atoms with Crippen molar-refractivity contribution in [2.45, 2.75) is 18.4 Å². The molecule has 2 aliphatic heterocycles. The topological polar surface area (TPSA) is 46.6 Å². The van der Waals surface area contributed by atoms with Crippen molar-refractivity contribution in [1.29, 1.82) is 0 Å². The standard InChI is InChI=1S/C19H15ClFNO3/c20-16-10-12(21)6-7-14(16)17(23)22-9-3-8-19(11-22)15-5-2-1-4-13(15)18(24)25-19/h1-2,4-7,10H,3,8-9,11H2/t19-/m1/s1. The zero-order valence-electron chi connectivity index (χ0n) is 13.3.